The molecule has 0 bridgehead atoms. The predicted octanol–water partition coefficient (Wildman–Crippen LogP) is 0.211. The fraction of sp³-hybridized carbons (Fsp3) is 0.571. The van der Waals surface area contributed by atoms with E-state index < -0.39 is 0 Å². The van der Waals surface area contributed by atoms with E-state index in [1.165, 1.54) is 0 Å². The van der Waals surface area contributed by atoms with Gasteiger partial charge in [0.1, 0.15) is 5.69 Å². The second-order valence-electron chi connectivity index (χ2n) is 5.93. The van der Waals surface area contributed by atoms with E-state index >= 15 is 0 Å². The standard InChI is InChI=1S/C14H23N5O/c1-14(2)10-19(8-7-18(14)3)9-11-5-4-6-12(16-11)13(20)17-15/h4-6H,7-10,15H2,1-3H3,(H,17,20). The van der Waals surface area contributed by atoms with Crippen LogP contribution in [0.2, 0.25) is 0 Å². The van der Waals surface area contributed by atoms with Gasteiger partial charge in [-0.05, 0) is 33.0 Å². The van der Waals surface area contributed by atoms with E-state index in [0.29, 0.717) is 5.69 Å². The van der Waals surface area contributed by atoms with Crippen molar-refractivity contribution in [3.8, 4) is 0 Å². The van der Waals surface area contributed by atoms with Crippen LogP contribution in [-0.2, 0) is 6.54 Å². The number of nitrogens with one attached hydrogen (secondary N) is 1. The number of rotatable bonds is 3. The molecule has 110 valence electrons. The van der Waals surface area contributed by atoms with E-state index in [-0.39, 0.29) is 11.4 Å². The molecule has 0 aromatic carbocycles. The molecule has 2 rings (SSSR count). The summed E-state index contributed by atoms with van der Waals surface area (Å²) in [5.41, 5.74) is 3.52. The predicted molar refractivity (Wildman–Crippen MR) is 77.9 cm³/mol. The highest BCUT2D eigenvalue weighted by Gasteiger charge is 2.30. The summed E-state index contributed by atoms with van der Waals surface area (Å²) in [4.78, 5) is 20.6. The molecule has 20 heavy (non-hydrogen) atoms. The number of likely N-dealkylation sites (N-methyl/N-ethyl adjacent to an activating group) is 1. The van der Waals surface area contributed by atoms with Crippen LogP contribution in [0.4, 0.5) is 0 Å². The summed E-state index contributed by atoms with van der Waals surface area (Å²) in [5.74, 6) is 4.78. The van der Waals surface area contributed by atoms with Crippen molar-refractivity contribution in [1.82, 2.24) is 20.2 Å². The van der Waals surface area contributed by atoms with Crippen LogP contribution in [0.5, 0.6) is 0 Å². The number of aromatic nitrogens is 1. The molecular formula is C14H23N5O. The minimum Gasteiger partial charge on any atom is -0.299 e. The molecule has 6 nitrogen and oxygen atoms in total. The minimum absolute atomic E-state index is 0.157. The van der Waals surface area contributed by atoms with E-state index in [1.807, 2.05) is 12.1 Å². The molecule has 0 spiro atoms. The number of hydrazine groups is 1. The lowest BCUT2D eigenvalue weighted by Gasteiger charge is -2.45. The van der Waals surface area contributed by atoms with Gasteiger partial charge in [-0.3, -0.25) is 20.0 Å². The smallest absolute Gasteiger partial charge is 0.283 e. The summed E-state index contributed by atoms with van der Waals surface area (Å²) in [7, 11) is 2.15. The highest BCUT2D eigenvalue weighted by Crippen LogP contribution is 2.20. The lowest BCUT2D eigenvalue weighted by atomic mass is 9.99. The Hall–Kier alpha value is -1.50. The monoisotopic (exact) mass is 277 g/mol. The van der Waals surface area contributed by atoms with Gasteiger partial charge in [-0.25, -0.2) is 10.8 Å². The zero-order valence-electron chi connectivity index (χ0n) is 12.4. The van der Waals surface area contributed by atoms with Crippen molar-refractivity contribution in [3.05, 3.63) is 29.6 Å². The number of carbonyl (C=O) groups is 1. The quantitative estimate of drug-likeness (QED) is 0.469. The molecule has 1 amide bonds. The number of nitrogen functional groups attached to an aromatic ring is 1. The van der Waals surface area contributed by atoms with Crippen LogP contribution in [0.3, 0.4) is 0 Å². The molecule has 0 unspecified atom stereocenters. The molecule has 0 aliphatic carbocycles. The van der Waals surface area contributed by atoms with Crippen molar-refractivity contribution in [2.45, 2.75) is 25.9 Å². The zero-order chi connectivity index (χ0) is 14.8. The summed E-state index contributed by atoms with van der Waals surface area (Å²) in [6.45, 7) is 8.27. The first-order valence-electron chi connectivity index (χ1n) is 6.83. The third-order valence-electron chi connectivity index (χ3n) is 3.95. The molecule has 3 N–H and O–H groups in total. The second-order valence-corrected chi connectivity index (χ2v) is 5.93. The lowest BCUT2D eigenvalue weighted by Crippen LogP contribution is -2.57. The largest absolute Gasteiger partial charge is 0.299 e. The van der Waals surface area contributed by atoms with Crippen LogP contribution < -0.4 is 11.3 Å². The third-order valence-corrected chi connectivity index (χ3v) is 3.95. The van der Waals surface area contributed by atoms with Gasteiger partial charge in [-0.15, -0.1) is 0 Å². The summed E-state index contributed by atoms with van der Waals surface area (Å²) < 4.78 is 0. The number of piperazine rings is 1. The molecule has 1 fully saturated rings. The fourth-order valence-electron chi connectivity index (χ4n) is 2.47. The maximum Gasteiger partial charge on any atom is 0.283 e. The van der Waals surface area contributed by atoms with Gasteiger partial charge in [0.05, 0.1) is 5.69 Å². The van der Waals surface area contributed by atoms with Gasteiger partial charge >= 0.3 is 0 Å². The van der Waals surface area contributed by atoms with Crippen molar-refractivity contribution in [3.63, 3.8) is 0 Å². The van der Waals surface area contributed by atoms with Crippen molar-refractivity contribution in [2.24, 2.45) is 5.84 Å². The Morgan fingerprint density at radius 3 is 2.85 bits per heavy atom. The molecule has 0 atom stereocenters. The first-order valence-corrected chi connectivity index (χ1v) is 6.83. The van der Waals surface area contributed by atoms with Crippen LogP contribution >= 0.6 is 0 Å². The van der Waals surface area contributed by atoms with Gasteiger partial charge in [0, 0.05) is 31.7 Å². The number of hydrogen-bond donors (Lipinski definition) is 2. The first kappa shape index (κ1) is 14.9. The summed E-state index contributed by atoms with van der Waals surface area (Å²) in [6.07, 6.45) is 0. The van der Waals surface area contributed by atoms with Gasteiger partial charge in [0.25, 0.3) is 5.91 Å². The Morgan fingerprint density at radius 2 is 2.20 bits per heavy atom. The fourth-order valence-corrected chi connectivity index (χ4v) is 2.47. The molecule has 1 aromatic rings. The average Bonchev–Trinajstić information content (AvgIpc) is 2.42. The van der Waals surface area contributed by atoms with Crippen molar-refractivity contribution >= 4 is 5.91 Å². The van der Waals surface area contributed by atoms with Crippen LogP contribution in [-0.4, -0.2) is 52.9 Å². The number of amides is 1. The molecule has 0 radical (unpaired) electrons. The van der Waals surface area contributed by atoms with E-state index in [9.17, 15) is 4.79 Å². The molecule has 2 heterocycles. The summed E-state index contributed by atoms with van der Waals surface area (Å²) in [6, 6.07) is 5.45. The van der Waals surface area contributed by atoms with Crippen LogP contribution in [0.25, 0.3) is 0 Å². The summed E-state index contributed by atoms with van der Waals surface area (Å²) >= 11 is 0. The number of pyridine rings is 1. The van der Waals surface area contributed by atoms with Gasteiger partial charge < -0.3 is 0 Å². The number of nitrogens with zero attached hydrogens (tertiary/aromatic N) is 3. The van der Waals surface area contributed by atoms with Crippen LogP contribution in [0.1, 0.15) is 30.0 Å². The maximum absolute atomic E-state index is 11.5. The zero-order valence-corrected chi connectivity index (χ0v) is 12.4. The minimum atomic E-state index is -0.356. The lowest BCUT2D eigenvalue weighted by molar-refractivity contribution is 0.0353. The number of carbonyl (C=O) groups excluding carboxylic acids is 1. The number of hydrogen-bond acceptors (Lipinski definition) is 5. The second kappa shape index (κ2) is 5.87. The molecule has 1 aromatic heterocycles. The Morgan fingerprint density at radius 1 is 1.45 bits per heavy atom. The Balaban J connectivity index is 2.05. The number of nitrogens with two attached hydrogens (primary N) is 1. The first-order chi connectivity index (χ1) is 9.42. The van der Waals surface area contributed by atoms with Crippen molar-refractivity contribution in [2.75, 3.05) is 26.7 Å². The highest BCUT2D eigenvalue weighted by atomic mass is 16.2. The average molecular weight is 277 g/mol. The maximum atomic E-state index is 11.5. The van der Waals surface area contributed by atoms with Crippen LogP contribution in [0.15, 0.2) is 18.2 Å². The van der Waals surface area contributed by atoms with Gasteiger partial charge in [-0.1, -0.05) is 6.07 Å². The van der Waals surface area contributed by atoms with Crippen molar-refractivity contribution in [1.29, 1.82) is 0 Å². The molecule has 6 heteroatoms. The molecule has 0 saturated carbocycles. The van der Waals surface area contributed by atoms with E-state index in [2.05, 4.69) is 41.1 Å². The Bertz CT molecular complexity index is 488. The topological polar surface area (TPSA) is 74.5 Å². The normalized spacial score (nSPS) is 19.8. The Kier molecular flexibility index (Phi) is 4.37. The Labute approximate surface area is 119 Å². The van der Waals surface area contributed by atoms with Gasteiger partial charge in [0.15, 0.2) is 0 Å². The molecule has 1 aliphatic heterocycles. The van der Waals surface area contributed by atoms with Gasteiger partial charge in [-0.2, -0.15) is 0 Å². The third kappa shape index (κ3) is 3.33. The van der Waals surface area contributed by atoms with Crippen LogP contribution in [0, 0.1) is 0 Å². The van der Waals surface area contributed by atoms with E-state index in [4.69, 9.17) is 5.84 Å². The van der Waals surface area contributed by atoms with E-state index in [0.717, 1.165) is 31.9 Å². The summed E-state index contributed by atoms with van der Waals surface area (Å²) in [5, 5.41) is 0. The molecular weight excluding hydrogens is 254 g/mol. The van der Waals surface area contributed by atoms with Gasteiger partial charge in [0.2, 0.25) is 0 Å². The van der Waals surface area contributed by atoms with Crippen molar-refractivity contribution < 1.29 is 4.79 Å². The molecule has 1 aliphatic rings. The SMILES string of the molecule is CN1CCN(Cc2cccc(C(=O)NN)n2)CC1(C)C. The molecule has 1 saturated heterocycles. The highest BCUT2D eigenvalue weighted by molar-refractivity contribution is 5.91. The van der Waals surface area contributed by atoms with E-state index in [1.54, 1.807) is 6.07 Å².